The van der Waals surface area contributed by atoms with Crippen molar-refractivity contribution in [2.24, 2.45) is 0 Å². The number of nitrogens with zero attached hydrogens (tertiary/aromatic N) is 2. The molecule has 0 saturated carbocycles. The molecule has 1 amide bonds. The molecule has 9 nitrogen and oxygen atoms in total. The van der Waals surface area contributed by atoms with E-state index in [4.69, 9.17) is 9.47 Å². The van der Waals surface area contributed by atoms with Crippen LogP contribution in [-0.4, -0.2) is 59.1 Å². The molecule has 0 spiro atoms. The number of amides is 1. The minimum Gasteiger partial charge on any atom is -0.468 e. The van der Waals surface area contributed by atoms with E-state index in [0.29, 0.717) is 19.4 Å². The Balaban J connectivity index is 1.78. The number of benzene rings is 1. The molecule has 0 saturated heterocycles. The molecule has 2 atom stereocenters. The van der Waals surface area contributed by atoms with Gasteiger partial charge in [-0.15, -0.1) is 0 Å². The molecular formula is C22H32N4O5. The van der Waals surface area contributed by atoms with Crippen LogP contribution in [0.1, 0.15) is 31.0 Å². The first-order valence-electron chi connectivity index (χ1n) is 10.5. The lowest BCUT2D eigenvalue weighted by Gasteiger charge is -2.19. The van der Waals surface area contributed by atoms with E-state index < -0.39 is 18.2 Å². The summed E-state index contributed by atoms with van der Waals surface area (Å²) in [4.78, 5) is 28.5. The van der Waals surface area contributed by atoms with Crippen LogP contribution >= 0.6 is 0 Å². The van der Waals surface area contributed by atoms with Crippen LogP contribution in [0.2, 0.25) is 0 Å². The zero-order chi connectivity index (χ0) is 22.5. The Bertz CT molecular complexity index is 796. The van der Waals surface area contributed by atoms with E-state index >= 15 is 0 Å². The fourth-order valence-electron chi connectivity index (χ4n) is 3.05. The van der Waals surface area contributed by atoms with Crippen molar-refractivity contribution in [1.29, 1.82) is 0 Å². The Morgan fingerprint density at radius 3 is 2.71 bits per heavy atom. The minimum absolute atomic E-state index is 0.151. The SMILES string of the molecule is CCCn1cnc(CC(NCCC(CO)NC(=O)OCc2ccccc2)C(=O)OC)c1. The van der Waals surface area contributed by atoms with Gasteiger partial charge in [0.05, 0.1) is 31.8 Å². The number of aromatic nitrogens is 2. The van der Waals surface area contributed by atoms with Crippen molar-refractivity contribution < 1.29 is 24.2 Å². The third kappa shape index (κ3) is 8.77. The number of alkyl carbamates (subject to hydrolysis) is 1. The van der Waals surface area contributed by atoms with Gasteiger partial charge in [-0.3, -0.25) is 4.79 Å². The summed E-state index contributed by atoms with van der Waals surface area (Å²) in [6, 6.07) is 8.27. The highest BCUT2D eigenvalue weighted by Crippen LogP contribution is 2.05. The molecule has 0 bridgehead atoms. The van der Waals surface area contributed by atoms with Crippen molar-refractivity contribution in [2.75, 3.05) is 20.3 Å². The van der Waals surface area contributed by atoms with Crippen molar-refractivity contribution in [3.63, 3.8) is 0 Å². The summed E-state index contributed by atoms with van der Waals surface area (Å²) in [7, 11) is 1.34. The van der Waals surface area contributed by atoms with Crippen LogP contribution in [0.15, 0.2) is 42.9 Å². The Morgan fingerprint density at radius 1 is 1.26 bits per heavy atom. The molecule has 9 heteroatoms. The molecule has 31 heavy (non-hydrogen) atoms. The largest absolute Gasteiger partial charge is 0.468 e. The van der Waals surface area contributed by atoms with Gasteiger partial charge in [-0.1, -0.05) is 37.3 Å². The second-order valence-corrected chi connectivity index (χ2v) is 7.21. The maximum atomic E-state index is 12.1. The second kappa shape index (κ2) is 13.4. The first-order chi connectivity index (χ1) is 15.0. The number of ether oxygens (including phenoxy) is 2. The standard InChI is InChI=1S/C22H32N4O5/c1-3-11-26-13-19(24-16-26)12-20(21(28)30-2)23-10-9-18(14-27)25-22(29)31-15-17-7-5-4-6-8-17/h4-8,13,16,18,20,23,27H,3,9-12,14-15H2,1-2H3,(H,25,29). The Labute approximate surface area is 182 Å². The zero-order valence-corrected chi connectivity index (χ0v) is 18.1. The molecule has 0 fully saturated rings. The highest BCUT2D eigenvalue weighted by atomic mass is 16.5. The maximum Gasteiger partial charge on any atom is 0.407 e. The van der Waals surface area contributed by atoms with Gasteiger partial charge in [-0.2, -0.15) is 0 Å². The van der Waals surface area contributed by atoms with Crippen molar-refractivity contribution in [1.82, 2.24) is 20.2 Å². The van der Waals surface area contributed by atoms with Crippen LogP contribution in [0.3, 0.4) is 0 Å². The Kier molecular flexibility index (Phi) is 10.5. The van der Waals surface area contributed by atoms with E-state index in [-0.39, 0.29) is 19.2 Å². The molecule has 2 rings (SSSR count). The van der Waals surface area contributed by atoms with E-state index in [0.717, 1.165) is 24.2 Å². The Morgan fingerprint density at radius 2 is 2.03 bits per heavy atom. The van der Waals surface area contributed by atoms with Crippen molar-refractivity contribution in [3.8, 4) is 0 Å². The van der Waals surface area contributed by atoms with E-state index in [1.54, 1.807) is 6.33 Å². The van der Waals surface area contributed by atoms with Gasteiger partial charge in [0.25, 0.3) is 0 Å². The Hall–Kier alpha value is -2.91. The lowest BCUT2D eigenvalue weighted by Crippen LogP contribution is -2.44. The van der Waals surface area contributed by atoms with E-state index in [1.165, 1.54) is 7.11 Å². The summed E-state index contributed by atoms with van der Waals surface area (Å²) in [6.07, 6.45) is 4.86. The molecule has 170 valence electrons. The number of carbonyl (C=O) groups excluding carboxylic acids is 2. The predicted molar refractivity (Wildman–Crippen MR) is 115 cm³/mol. The number of methoxy groups -OCH3 is 1. The number of imidazole rings is 1. The number of rotatable bonds is 13. The van der Waals surface area contributed by atoms with E-state index in [1.807, 2.05) is 41.1 Å². The molecule has 2 aromatic rings. The van der Waals surface area contributed by atoms with Crippen LogP contribution in [0.5, 0.6) is 0 Å². The normalized spacial score (nSPS) is 12.7. The number of carbonyl (C=O) groups is 2. The van der Waals surface area contributed by atoms with Crippen LogP contribution in [0.4, 0.5) is 4.79 Å². The number of hydrogen-bond acceptors (Lipinski definition) is 7. The van der Waals surface area contributed by atoms with Gasteiger partial charge < -0.3 is 29.8 Å². The van der Waals surface area contributed by atoms with Crippen LogP contribution in [0, 0.1) is 0 Å². The second-order valence-electron chi connectivity index (χ2n) is 7.21. The highest BCUT2D eigenvalue weighted by Gasteiger charge is 2.21. The van der Waals surface area contributed by atoms with Crippen LogP contribution in [0.25, 0.3) is 0 Å². The molecule has 1 aromatic carbocycles. The fourth-order valence-corrected chi connectivity index (χ4v) is 3.05. The molecule has 3 N–H and O–H groups in total. The van der Waals surface area contributed by atoms with Gasteiger partial charge >= 0.3 is 12.1 Å². The number of aliphatic hydroxyl groups excluding tert-OH is 1. The number of aliphatic hydroxyl groups is 1. The van der Waals surface area contributed by atoms with Gasteiger partial charge in [0.1, 0.15) is 12.6 Å². The van der Waals surface area contributed by atoms with E-state index in [2.05, 4.69) is 22.5 Å². The summed E-state index contributed by atoms with van der Waals surface area (Å²) in [5.74, 6) is -0.388. The lowest BCUT2D eigenvalue weighted by atomic mass is 10.1. The summed E-state index contributed by atoms with van der Waals surface area (Å²) >= 11 is 0. The third-order valence-electron chi connectivity index (χ3n) is 4.71. The first kappa shape index (κ1) is 24.4. The quantitative estimate of drug-likeness (QED) is 0.412. The topological polar surface area (TPSA) is 115 Å². The molecule has 2 unspecified atom stereocenters. The number of hydrogen-bond donors (Lipinski definition) is 3. The zero-order valence-electron chi connectivity index (χ0n) is 18.1. The summed E-state index contributed by atoms with van der Waals surface area (Å²) < 4.78 is 12.0. The average molecular weight is 433 g/mol. The molecule has 0 radical (unpaired) electrons. The lowest BCUT2D eigenvalue weighted by molar-refractivity contribution is -0.143. The van der Waals surface area contributed by atoms with Crippen molar-refractivity contribution in [3.05, 3.63) is 54.1 Å². The first-order valence-corrected chi connectivity index (χ1v) is 10.5. The highest BCUT2D eigenvalue weighted by molar-refractivity contribution is 5.76. The molecule has 0 aliphatic rings. The molecular weight excluding hydrogens is 400 g/mol. The van der Waals surface area contributed by atoms with Gasteiger partial charge in [0, 0.05) is 19.2 Å². The molecule has 1 aromatic heterocycles. The number of aryl methyl sites for hydroxylation is 1. The van der Waals surface area contributed by atoms with Gasteiger partial charge in [0.15, 0.2) is 0 Å². The monoisotopic (exact) mass is 432 g/mol. The van der Waals surface area contributed by atoms with Crippen molar-refractivity contribution >= 4 is 12.1 Å². The summed E-state index contributed by atoms with van der Waals surface area (Å²) in [6.45, 7) is 3.25. The van der Waals surface area contributed by atoms with Crippen LogP contribution in [-0.2, 0) is 33.8 Å². The molecule has 0 aliphatic heterocycles. The summed E-state index contributed by atoms with van der Waals surface area (Å²) in [5.41, 5.74) is 1.67. The van der Waals surface area contributed by atoms with E-state index in [9.17, 15) is 14.7 Å². The molecule has 0 aliphatic carbocycles. The maximum absolute atomic E-state index is 12.1. The number of nitrogens with one attached hydrogen (secondary N) is 2. The van der Waals surface area contributed by atoms with Crippen LogP contribution < -0.4 is 10.6 Å². The van der Waals surface area contributed by atoms with Crippen molar-refractivity contribution in [2.45, 2.75) is 51.4 Å². The predicted octanol–water partition coefficient (Wildman–Crippen LogP) is 1.64. The third-order valence-corrected chi connectivity index (χ3v) is 4.71. The average Bonchev–Trinajstić information content (AvgIpc) is 3.23. The van der Waals surface area contributed by atoms with Gasteiger partial charge in [0.2, 0.25) is 0 Å². The summed E-state index contributed by atoms with van der Waals surface area (Å²) in [5, 5.41) is 15.3. The minimum atomic E-state index is -0.603. The molecule has 1 heterocycles. The van der Waals surface area contributed by atoms with Gasteiger partial charge in [-0.25, -0.2) is 9.78 Å². The number of esters is 1. The fraction of sp³-hybridized carbons (Fsp3) is 0.500. The smallest absolute Gasteiger partial charge is 0.407 e. The van der Waals surface area contributed by atoms with Gasteiger partial charge in [-0.05, 0) is 24.9 Å².